The lowest BCUT2D eigenvalue weighted by atomic mass is 9.99. The number of hydrogen-bond acceptors (Lipinski definition) is 2. The molecule has 1 aliphatic rings. The number of rotatable bonds is 2. The van der Waals surface area contributed by atoms with E-state index in [-0.39, 0.29) is 0 Å². The second-order valence-electron chi connectivity index (χ2n) is 6.16. The van der Waals surface area contributed by atoms with Gasteiger partial charge in [-0.15, -0.1) is 0 Å². The zero-order valence-corrected chi connectivity index (χ0v) is 13.7. The van der Waals surface area contributed by atoms with Crippen LogP contribution in [0.3, 0.4) is 0 Å². The van der Waals surface area contributed by atoms with Crippen LogP contribution in [0.1, 0.15) is 33.3 Å². The smallest absolute Gasteiger partial charge is 0.116 e. The standard InChI is InChI=1S/C20H22N2/c1-14(2)19-17-12-8-9-13-18(17)21-20(15(3)4)22(19)16-10-6-5-7-11-16/h5-13,15H,1-4H3. The van der Waals surface area contributed by atoms with Crippen molar-refractivity contribution in [2.75, 3.05) is 4.90 Å². The van der Waals surface area contributed by atoms with E-state index >= 15 is 0 Å². The lowest BCUT2D eigenvalue weighted by Crippen LogP contribution is -2.35. The molecule has 0 fully saturated rings. The van der Waals surface area contributed by atoms with Gasteiger partial charge in [0.1, 0.15) is 5.84 Å². The molecule has 0 spiro atoms. The predicted molar refractivity (Wildman–Crippen MR) is 95.6 cm³/mol. The molecule has 2 aromatic carbocycles. The van der Waals surface area contributed by atoms with Gasteiger partial charge in [-0.25, -0.2) is 4.99 Å². The third-order valence-electron chi connectivity index (χ3n) is 3.85. The maximum absolute atomic E-state index is 4.94. The van der Waals surface area contributed by atoms with Gasteiger partial charge in [0.25, 0.3) is 0 Å². The number of amidine groups is 1. The summed E-state index contributed by atoms with van der Waals surface area (Å²) in [4.78, 5) is 7.25. The Morgan fingerprint density at radius 1 is 0.909 bits per heavy atom. The van der Waals surface area contributed by atoms with Crippen LogP contribution >= 0.6 is 0 Å². The van der Waals surface area contributed by atoms with E-state index in [1.54, 1.807) is 0 Å². The van der Waals surface area contributed by atoms with Crippen LogP contribution in [0, 0.1) is 5.92 Å². The molecule has 0 bridgehead atoms. The zero-order valence-electron chi connectivity index (χ0n) is 13.7. The van der Waals surface area contributed by atoms with Crippen molar-refractivity contribution in [3.63, 3.8) is 0 Å². The van der Waals surface area contributed by atoms with Gasteiger partial charge in [-0.1, -0.05) is 55.8 Å². The van der Waals surface area contributed by atoms with Crippen LogP contribution in [0.15, 0.2) is 65.2 Å². The van der Waals surface area contributed by atoms with Crippen molar-refractivity contribution in [2.24, 2.45) is 10.9 Å². The lowest BCUT2D eigenvalue weighted by molar-refractivity contribution is 0.862. The van der Waals surface area contributed by atoms with E-state index in [1.807, 2.05) is 0 Å². The molecule has 1 aliphatic heterocycles. The van der Waals surface area contributed by atoms with Gasteiger partial charge in [0, 0.05) is 17.2 Å². The average molecular weight is 290 g/mol. The predicted octanol–water partition coefficient (Wildman–Crippen LogP) is 5.64. The van der Waals surface area contributed by atoms with Crippen LogP contribution in [0.5, 0.6) is 0 Å². The molecule has 0 N–H and O–H groups in total. The molecule has 2 heteroatoms. The number of benzene rings is 2. The van der Waals surface area contributed by atoms with E-state index in [0.29, 0.717) is 5.92 Å². The first-order chi connectivity index (χ1) is 10.6. The first-order valence-electron chi connectivity index (χ1n) is 7.80. The molecule has 0 radical (unpaired) electrons. The van der Waals surface area contributed by atoms with Crippen LogP contribution < -0.4 is 4.90 Å². The first-order valence-corrected chi connectivity index (χ1v) is 7.80. The molecule has 0 aromatic heterocycles. The molecule has 1 heterocycles. The van der Waals surface area contributed by atoms with Crippen molar-refractivity contribution >= 4 is 22.9 Å². The maximum atomic E-state index is 4.94. The first kappa shape index (κ1) is 14.6. The summed E-state index contributed by atoms with van der Waals surface area (Å²) in [5.41, 5.74) is 5.98. The van der Waals surface area contributed by atoms with E-state index in [4.69, 9.17) is 4.99 Å². The minimum Gasteiger partial charge on any atom is -0.298 e. The number of para-hydroxylation sites is 2. The average Bonchev–Trinajstić information content (AvgIpc) is 2.53. The highest BCUT2D eigenvalue weighted by atomic mass is 15.2. The summed E-state index contributed by atoms with van der Waals surface area (Å²) in [5.74, 6) is 1.45. The van der Waals surface area contributed by atoms with Crippen molar-refractivity contribution in [3.8, 4) is 0 Å². The number of nitrogens with zero attached hydrogens (tertiary/aromatic N) is 2. The zero-order chi connectivity index (χ0) is 15.7. The Labute approximate surface area is 132 Å². The molecule has 0 amide bonds. The summed E-state index contributed by atoms with van der Waals surface area (Å²) in [6.07, 6.45) is 0. The van der Waals surface area contributed by atoms with Gasteiger partial charge in [0.2, 0.25) is 0 Å². The van der Waals surface area contributed by atoms with Crippen LogP contribution in [0.4, 0.5) is 11.4 Å². The molecular weight excluding hydrogens is 268 g/mol. The van der Waals surface area contributed by atoms with Crippen molar-refractivity contribution in [3.05, 3.63) is 65.7 Å². The third-order valence-corrected chi connectivity index (χ3v) is 3.85. The van der Waals surface area contributed by atoms with Crippen LogP contribution in [-0.2, 0) is 0 Å². The number of hydrogen-bond donors (Lipinski definition) is 0. The van der Waals surface area contributed by atoms with E-state index in [9.17, 15) is 0 Å². The van der Waals surface area contributed by atoms with Gasteiger partial charge >= 0.3 is 0 Å². The lowest BCUT2D eigenvalue weighted by Gasteiger charge is -2.35. The van der Waals surface area contributed by atoms with Crippen molar-refractivity contribution in [1.29, 1.82) is 0 Å². The number of anilines is 1. The Bertz CT molecular complexity index is 735. The van der Waals surface area contributed by atoms with Crippen LogP contribution in [0.25, 0.3) is 5.70 Å². The largest absolute Gasteiger partial charge is 0.298 e. The Morgan fingerprint density at radius 3 is 2.18 bits per heavy atom. The van der Waals surface area contributed by atoms with E-state index in [0.717, 1.165) is 11.5 Å². The maximum Gasteiger partial charge on any atom is 0.116 e. The number of allylic oxidation sites excluding steroid dienone is 1. The fraction of sp³-hybridized carbons (Fsp3) is 0.250. The molecule has 2 nitrogen and oxygen atoms in total. The van der Waals surface area contributed by atoms with E-state index in [2.05, 4.69) is 87.2 Å². The van der Waals surface area contributed by atoms with Gasteiger partial charge in [0.15, 0.2) is 0 Å². The Kier molecular flexibility index (Phi) is 3.84. The minimum atomic E-state index is 0.350. The molecule has 112 valence electrons. The highest BCUT2D eigenvalue weighted by Crippen LogP contribution is 2.39. The highest BCUT2D eigenvalue weighted by molar-refractivity contribution is 6.14. The monoisotopic (exact) mass is 290 g/mol. The minimum absolute atomic E-state index is 0.350. The number of fused-ring (bicyclic) bond motifs is 1. The topological polar surface area (TPSA) is 15.6 Å². The number of aliphatic imine (C=N–C) groups is 1. The van der Waals surface area contributed by atoms with E-state index < -0.39 is 0 Å². The second-order valence-corrected chi connectivity index (χ2v) is 6.16. The van der Waals surface area contributed by atoms with Crippen molar-refractivity contribution < 1.29 is 0 Å². The molecule has 0 saturated carbocycles. The van der Waals surface area contributed by atoms with Gasteiger partial charge < -0.3 is 0 Å². The summed E-state index contributed by atoms with van der Waals surface area (Å²) in [5, 5.41) is 0. The summed E-state index contributed by atoms with van der Waals surface area (Å²) in [6.45, 7) is 8.74. The quantitative estimate of drug-likeness (QED) is 0.698. The molecular formula is C20H22N2. The Hall–Kier alpha value is -2.35. The summed E-state index contributed by atoms with van der Waals surface area (Å²) in [7, 11) is 0. The molecule has 22 heavy (non-hydrogen) atoms. The molecule has 0 saturated heterocycles. The normalized spacial score (nSPS) is 14.0. The molecule has 2 aromatic rings. The van der Waals surface area contributed by atoms with Crippen molar-refractivity contribution in [2.45, 2.75) is 27.7 Å². The SMILES string of the molecule is CC(C)=C1c2ccccc2N=C(C(C)C)N1c1ccccc1. The van der Waals surface area contributed by atoms with Crippen LogP contribution in [0.2, 0.25) is 0 Å². The van der Waals surface area contributed by atoms with Crippen molar-refractivity contribution in [1.82, 2.24) is 0 Å². The molecule has 3 rings (SSSR count). The molecule has 0 unspecified atom stereocenters. The fourth-order valence-corrected chi connectivity index (χ4v) is 2.90. The summed E-state index contributed by atoms with van der Waals surface area (Å²) >= 11 is 0. The van der Waals surface area contributed by atoms with E-state index in [1.165, 1.54) is 22.5 Å². The third kappa shape index (κ3) is 2.45. The highest BCUT2D eigenvalue weighted by Gasteiger charge is 2.28. The second kappa shape index (κ2) is 5.80. The summed E-state index contributed by atoms with van der Waals surface area (Å²) in [6, 6.07) is 18.9. The van der Waals surface area contributed by atoms with Gasteiger partial charge in [0.05, 0.1) is 11.4 Å². The summed E-state index contributed by atoms with van der Waals surface area (Å²) < 4.78 is 0. The van der Waals surface area contributed by atoms with Crippen LogP contribution in [-0.4, -0.2) is 5.84 Å². The molecule has 0 atom stereocenters. The van der Waals surface area contributed by atoms with Gasteiger partial charge in [-0.2, -0.15) is 0 Å². The fourth-order valence-electron chi connectivity index (χ4n) is 2.90. The Morgan fingerprint density at radius 2 is 1.55 bits per heavy atom. The Balaban J connectivity index is 2.29. The van der Waals surface area contributed by atoms with Gasteiger partial charge in [-0.05, 0) is 32.0 Å². The van der Waals surface area contributed by atoms with Gasteiger partial charge in [-0.3, -0.25) is 4.90 Å². The molecule has 0 aliphatic carbocycles.